The fraction of sp³-hybridized carbons (Fsp3) is 0.471. The van der Waals surface area contributed by atoms with Gasteiger partial charge in [-0.25, -0.2) is 0 Å². The van der Waals surface area contributed by atoms with Crippen LogP contribution in [0.25, 0.3) is 0 Å². The van der Waals surface area contributed by atoms with E-state index < -0.39 is 0 Å². The van der Waals surface area contributed by atoms with E-state index in [9.17, 15) is 4.79 Å². The molecule has 8 nitrogen and oxygen atoms in total. The first-order valence-electron chi connectivity index (χ1n) is 8.24. The lowest BCUT2D eigenvalue weighted by molar-refractivity contribution is -0.148. The van der Waals surface area contributed by atoms with Gasteiger partial charge in [-0.1, -0.05) is 17.3 Å². The Hall–Kier alpha value is -2.61. The van der Waals surface area contributed by atoms with Crippen molar-refractivity contribution in [2.45, 2.75) is 32.2 Å². The molecule has 0 radical (unpaired) electrons. The molecule has 2 aliphatic rings. The second-order valence-corrected chi connectivity index (χ2v) is 6.17. The van der Waals surface area contributed by atoms with Gasteiger partial charge in [-0.15, -0.1) is 0 Å². The number of aryl methyl sites for hydroxylation is 1. The Morgan fingerprint density at radius 2 is 2.12 bits per heavy atom. The van der Waals surface area contributed by atoms with Gasteiger partial charge in [-0.05, 0) is 19.1 Å². The molecule has 0 N–H and O–H groups in total. The highest BCUT2D eigenvalue weighted by molar-refractivity contribution is 5.77. The third-order valence-electron chi connectivity index (χ3n) is 4.18. The molecule has 1 aromatic heterocycles. The Labute approximate surface area is 144 Å². The van der Waals surface area contributed by atoms with E-state index in [0.717, 1.165) is 5.75 Å². The smallest absolute Gasteiger partial charge is 0.252 e. The van der Waals surface area contributed by atoms with E-state index in [1.165, 1.54) is 0 Å². The second kappa shape index (κ2) is 6.72. The van der Waals surface area contributed by atoms with Crippen molar-refractivity contribution in [1.82, 2.24) is 15.0 Å². The molecule has 1 saturated heterocycles. The van der Waals surface area contributed by atoms with Gasteiger partial charge in [0.1, 0.15) is 19.3 Å². The number of hydrogen-bond acceptors (Lipinski definition) is 7. The molecule has 8 heteroatoms. The van der Waals surface area contributed by atoms with Crippen LogP contribution in [0.4, 0.5) is 0 Å². The summed E-state index contributed by atoms with van der Waals surface area (Å²) in [5.41, 5.74) is 0. The van der Waals surface area contributed by atoms with Crippen molar-refractivity contribution in [3.05, 3.63) is 36.0 Å². The van der Waals surface area contributed by atoms with Crippen molar-refractivity contribution < 1.29 is 23.5 Å². The number of fused-ring (bicyclic) bond motifs is 1. The lowest BCUT2D eigenvalue weighted by atomic mass is 10.1. The maximum absolute atomic E-state index is 12.3. The normalized spacial score (nSPS) is 19.6. The van der Waals surface area contributed by atoms with Crippen LogP contribution in [0.5, 0.6) is 11.5 Å². The summed E-state index contributed by atoms with van der Waals surface area (Å²) in [7, 11) is 0. The van der Waals surface area contributed by atoms with Gasteiger partial charge >= 0.3 is 0 Å². The van der Waals surface area contributed by atoms with Gasteiger partial charge in [0.15, 0.2) is 17.3 Å². The standard InChI is InChI=1S/C17H19N3O5/c1-11-18-16(25-19-11)10-22-13-7-20(8-13)17(21)6-12-9-23-14-4-2-3-5-15(14)24-12/h2-5,12-13H,6-10H2,1H3. The van der Waals surface area contributed by atoms with Crippen molar-refractivity contribution in [1.29, 1.82) is 0 Å². The first-order chi connectivity index (χ1) is 12.2. The lowest BCUT2D eigenvalue weighted by Gasteiger charge is -2.39. The lowest BCUT2D eigenvalue weighted by Crippen LogP contribution is -2.55. The predicted molar refractivity (Wildman–Crippen MR) is 85.2 cm³/mol. The summed E-state index contributed by atoms with van der Waals surface area (Å²) in [5, 5.41) is 3.71. The van der Waals surface area contributed by atoms with E-state index in [2.05, 4.69) is 10.1 Å². The molecule has 2 aliphatic heterocycles. The van der Waals surface area contributed by atoms with Crippen LogP contribution in [0.15, 0.2) is 28.8 Å². The number of rotatable bonds is 5. The van der Waals surface area contributed by atoms with Crippen molar-refractivity contribution >= 4 is 5.91 Å². The van der Waals surface area contributed by atoms with E-state index in [1.807, 2.05) is 24.3 Å². The maximum Gasteiger partial charge on any atom is 0.252 e. The number of aromatic nitrogens is 2. The Bertz CT molecular complexity index is 756. The molecule has 0 aliphatic carbocycles. The molecule has 2 aromatic rings. The number of benzene rings is 1. The molecule has 0 saturated carbocycles. The average molecular weight is 345 g/mol. The van der Waals surface area contributed by atoms with Crippen LogP contribution in [0.3, 0.4) is 0 Å². The number of para-hydroxylation sites is 2. The largest absolute Gasteiger partial charge is 0.486 e. The Morgan fingerprint density at radius 1 is 1.32 bits per heavy atom. The van der Waals surface area contributed by atoms with Crippen molar-refractivity contribution in [2.24, 2.45) is 0 Å². The first-order valence-corrected chi connectivity index (χ1v) is 8.24. The predicted octanol–water partition coefficient (Wildman–Crippen LogP) is 1.34. The molecule has 0 spiro atoms. The topological polar surface area (TPSA) is 86.9 Å². The van der Waals surface area contributed by atoms with E-state index in [1.54, 1.807) is 11.8 Å². The summed E-state index contributed by atoms with van der Waals surface area (Å²) in [6.07, 6.45) is 0.0355. The molecule has 4 rings (SSSR count). The molecular weight excluding hydrogens is 326 g/mol. The van der Waals surface area contributed by atoms with Gasteiger partial charge in [0.2, 0.25) is 5.91 Å². The van der Waals surface area contributed by atoms with E-state index in [0.29, 0.717) is 43.6 Å². The minimum atomic E-state index is -0.260. The summed E-state index contributed by atoms with van der Waals surface area (Å²) in [5.74, 6) is 2.49. The minimum Gasteiger partial charge on any atom is -0.486 e. The zero-order valence-corrected chi connectivity index (χ0v) is 13.9. The van der Waals surface area contributed by atoms with Crippen LogP contribution >= 0.6 is 0 Å². The molecule has 132 valence electrons. The number of carbonyl (C=O) groups is 1. The fourth-order valence-corrected chi connectivity index (χ4v) is 2.82. The molecule has 1 atom stereocenters. The molecule has 1 amide bonds. The molecule has 3 heterocycles. The highest BCUT2D eigenvalue weighted by Gasteiger charge is 2.34. The highest BCUT2D eigenvalue weighted by Crippen LogP contribution is 2.31. The summed E-state index contributed by atoms with van der Waals surface area (Å²) in [6, 6.07) is 7.48. The molecule has 1 aromatic carbocycles. The van der Waals surface area contributed by atoms with Gasteiger partial charge in [0.05, 0.1) is 12.5 Å². The van der Waals surface area contributed by atoms with Crippen LogP contribution in [0.1, 0.15) is 18.1 Å². The van der Waals surface area contributed by atoms with Crippen molar-refractivity contribution in [3.63, 3.8) is 0 Å². The van der Waals surface area contributed by atoms with Crippen molar-refractivity contribution in [2.75, 3.05) is 19.7 Å². The van der Waals surface area contributed by atoms with Gasteiger partial charge < -0.3 is 23.6 Å². The number of likely N-dealkylation sites (tertiary alicyclic amines) is 1. The number of amides is 1. The summed E-state index contributed by atoms with van der Waals surface area (Å²) in [4.78, 5) is 18.2. The molecular formula is C17H19N3O5. The molecule has 25 heavy (non-hydrogen) atoms. The van der Waals surface area contributed by atoms with Crippen LogP contribution in [0, 0.1) is 6.92 Å². The van der Waals surface area contributed by atoms with Gasteiger partial charge in [0.25, 0.3) is 5.89 Å². The van der Waals surface area contributed by atoms with Gasteiger partial charge in [-0.3, -0.25) is 4.79 Å². The monoisotopic (exact) mass is 345 g/mol. The zero-order chi connectivity index (χ0) is 17.2. The SMILES string of the molecule is Cc1noc(COC2CN(C(=O)CC3COc4ccccc4O3)C2)n1. The van der Waals surface area contributed by atoms with E-state index in [-0.39, 0.29) is 24.7 Å². The molecule has 1 fully saturated rings. The molecule has 0 bridgehead atoms. The highest BCUT2D eigenvalue weighted by atomic mass is 16.6. The van der Waals surface area contributed by atoms with Gasteiger partial charge in [-0.2, -0.15) is 4.98 Å². The molecule has 1 unspecified atom stereocenters. The van der Waals surface area contributed by atoms with E-state index in [4.69, 9.17) is 18.7 Å². The number of nitrogens with zero attached hydrogens (tertiary/aromatic N) is 3. The van der Waals surface area contributed by atoms with Crippen molar-refractivity contribution in [3.8, 4) is 11.5 Å². The van der Waals surface area contributed by atoms with E-state index >= 15 is 0 Å². The first kappa shape index (κ1) is 15.9. The zero-order valence-electron chi connectivity index (χ0n) is 13.9. The number of carbonyl (C=O) groups excluding carboxylic acids is 1. The summed E-state index contributed by atoms with van der Waals surface area (Å²) < 4.78 is 22.1. The Balaban J connectivity index is 1.20. The van der Waals surface area contributed by atoms with Gasteiger partial charge in [0, 0.05) is 13.1 Å². The summed E-state index contributed by atoms with van der Waals surface area (Å²) in [6.45, 7) is 3.54. The third kappa shape index (κ3) is 3.58. The van der Waals surface area contributed by atoms with Crippen LogP contribution < -0.4 is 9.47 Å². The maximum atomic E-state index is 12.3. The number of hydrogen-bond donors (Lipinski definition) is 0. The quantitative estimate of drug-likeness (QED) is 0.808. The third-order valence-corrected chi connectivity index (χ3v) is 4.18. The second-order valence-electron chi connectivity index (χ2n) is 6.17. The summed E-state index contributed by atoms with van der Waals surface area (Å²) >= 11 is 0. The average Bonchev–Trinajstić information content (AvgIpc) is 2.98. The minimum absolute atomic E-state index is 0.000376. The van der Waals surface area contributed by atoms with Crippen LogP contribution in [-0.4, -0.2) is 52.9 Å². The Morgan fingerprint density at radius 3 is 2.88 bits per heavy atom. The number of ether oxygens (including phenoxy) is 3. The van der Waals surface area contributed by atoms with Crippen LogP contribution in [-0.2, 0) is 16.1 Å². The fourth-order valence-electron chi connectivity index (χ4n) is 2.82. The Kier molecular flexibility index (Phi) is 4.27. The van der Waals surface area contributed by atoms with Crippen LogP contribution in [0.2, 0.25) is 0 Å².